The largest absolute Gasteiger partial charge is 0.322 e. The van der Waals surface area contributed by atoms with Crippen LogP contribution in [0.2, 0.25) is 0 Å². The third-order valence-electron chi connectivity index (χ3n) is 3.76. The van der Waals surface area contributed by atoms with E-state index < -0.39 is 17.0 Å². The van der Waals surface area contributed by atoms with E-state index in [1.807, 2.05) is 25.1 Å². The predicted molar refractivity (Wildman–Crippen MR) is 83.8 cm³/mol. The highest BCUT2D eigenvalue weighted by atomic mass is 32.2. The lowest BCUT2D eigenvalue weighted by molar-refractivity contribution is 0.0758. The van der Waals surface area contributed by atoms with Crippen LogP contribution in [0.4, 0.5) is 8.78 Å². The molecule has 0 radical (unpaired) electrons. The van der Waals surface area contributed by atoms with Crippen molar-refractivity contribution in [3.05, 3.63) is 70.8 Å². The van der Waals surface area contributed by atoms with Crippen molar-refractivity contribution in [3.63, 3.8) is 0 Å². The monoisotopic (exact) mass is 319 g/mol. The van der Waals surface area contributed by atoms with E-state index in [2.05, 4.69) is 0 Å². The van der Waals surface area contributed by atoms with Gasteiger partial charge < -0.3 is 4.90 Å². The first-order chi connectivity index (χ1) is 10.6. The summed E-state index contributed by atoms with van der Waals surface area (Å²) in [6, 6.07) is 10.9. The van der Waals surface area contributed by atoms with Crippen LogP contribution in [-0.2, 0) is 0 Å². The van der Waals surface area contributed by atoms with Gasteiger partial charge in [0.05, 0.1) is 0 Å². The standard InChI is InChI=1S/C17H15F2NOS/c1-11-4-2-3-5-13(11)16(21)20-8-9-22-17(20)14-7-6-12(18)10-15(14)19/h2-7,10,17H,8-9H2,1H3/t17-/m0/s1. The molecule has 2 nitrogen and oxygen atoms in total. The molecule has 3 rings (SSSR count). The van der Waals surface area contributed by atoms with Gasteiger partial charge in [-0.25, -0.2) is 8.78 Å². The fourth-order valence-corrected chi connectivity index (χ4v) is 3.88. The maximum atomic E-state index is 14.0. The third-order valence-corrected chi connectivity index (χ3v) is 5.00. The van der Waals surface area contributed by atoms with Crippen molar-refractivity contribution in [3.8, 4) is 0 Å². The van der Waals surface area contributed by atoms with Crippen molar-refractivity contribution >= 4 is 17.7 Å². The van der Waals surface area contributed by atoms with Crippen molar-refractivity contribution in [2.75, 3.05) is 12.3 Å². The normalized spacial score (nSPS) is 17.8. The molecule has 2 aromatic rings. The highest BCUT2D eigenvalue weighted by Crippen LogP contribution is 2.40. The molecule has 22 heavy (non-hydrogen) atoms. The van der Waals surface area contributed by atoms with Crippen molar-refractivity contribution in [1.29, 1.82) is 0 Å². The number of hydrogen-bond donors (Lipinski definition) is 0. The van der Waals surface area contributed by atoms with E-state index in [4.69, 9.17) is 0 Å². The van der Waals surface area contributed by atoms with Gasteiger partial charge in [-0.05, 0) is 24.6 Å². The third kappa shape index (κ3) is 2.73. The van der Waals surface area contributed by atoms with Crippen LogP contribution in [0.3, 0.4) is 0 Å². The first-order valence-corrected chi connectivity index (χ1v) is 8.06. The average molecular weight is 319 g/mol. The second-order valence-electron chi connectivity index (χ2n) is 5.20. The van der Waals surface area contributed by atoms with Crippen LogP contribution in [-0.4, -0.2) is 23.1 Å². The van der Waals surface area contributed by atoms with E-state index in [1.54, 1.807) is 11.0 Å². The van der Waals surface area contributed by atoms with E-state index in [0.717, 1.165) is 17.4 Å². The molecule has 1 fully saturated rings. The molecule has 0 aliphatic carbocycles. The lowest BCUT2D eigenvalue weighted by Crippen LogP contribution is -2.31. The Morgan fingerprint density at radius 1 is 1.23 bits per heavy atom. The van der Waals surface area contributed by atoms with Crippen LogP contribution in [0.25, 0.3) is 0 Å². The van der Waals surface area contributed by atoms with Crippen LogP contribution >= 0.6 is 11.8 Å². The lowest BCUT2D eigenvalue weighted by atomic mass is 10.1. The van der Waals surface area contributed by atoms with Crippen LogP contribution in [0.5, 0.6) is 0 Å². The number of aryl methyl sites for hydroxylation is 1. The Morgan fingerprint density at radius 3 is 2.73 bits per heavy atom. The number of amides is 1. The van der Waals surface area contributed by atoms with E-state index in [9.17, 15) is 13.6 Å². The molecule has 1 saturated heterocycles. The van der Waals surface area contributed by atoms with Crippen LogP contribution in [0, 0.1) is 18.6 Å². The summed E-state index contributed by atoms with van der Waals surface area (Å²) in [5.74, 6) is -0.598. The zero-order chi connectivity index (χ0) is 15.7. The molecule has 1 amide bonds. The maximum Gasteiger partial charge on any atom is 0.255 e. The molecule has 0 aromatic heterocycles. The number of carbonyl (C=O) groups excluding carboxylic acids is 1. The molecule has 0 saturated carbocycles. The van der Waals surface area contributed by atoms with Crippen LogP contribution < -0.4 is 0 Å². The van der Waals surface area contributed by atoms with Gasteiger partial charge in [0.25, 0.3) is 5.91 Å². The zero-order valence-electron chi connectivity index (χ0n) is 12.1. The summed E-state index contributed by atoms with van der Waals surface area (Å²) >= 11 is 1.50. The average Bonchev–Trinajstić information content (AvgIpc) is 2.96. The summed E-state index contributed by atoms with van der Waals surface area (Å²) in [6.07, 6.45) is 0. The van der Waals surface area contributed by atoms with E-state index in [1.165, 1.54) is 23.9 Å². The van der Waals surface area contributed by atoms with Gasteiger partial charge in [0.2, 0.25) is 0 Å². The first kappa shape index (κ1) is 15.0. The Bertz CT molecular complexity index is 720. The SMILES string of the molecule is Cc1ccccc1C(=O)N1CCS[C@H]1c1ccc(F)cc1F. The van der Waals surface area contributed by atoms with Crippen molar-refractivity contribution in [2.45, 2.75) is 12.3 Å². The van der Waals surface area contributed by atoms with Gasteiger partial charge in [0.15, 0.2) is 0 Å². The summed E-state index contributed by atoms with van der Waals surface area (Å²) in [4.78, 5) is 14.4. The number of nitrogens with zero attached hydrogens (tertiary/aromatic N) is 1. The first-order valence-electron chi connectivity index (χ1n) is 7.01. The Kier molecular flexibility index (Phi) is 4.16. The van der Waals surface area contributed by atoms with Crippen molar-refractivity contribution in [2.24, 2.45) is 0 Å². The van der Waals surface area contributed by atoms with Crippen molar-refractivity contribution in [1.82, 2.24) is 4.90 Å². The second-order valence-corrected chi connectivity index (χ2v) is 6.39. The molecule has 114 valence electrons. The number of rotatable bonds is 2. The fourth-order valence-electron chi connectivity index (χ4n) is 2.60. The fraction of sp³-hybridized carbons (Fsp3) is 0.235. The quantitative estimate of drug-likeness (QED) is 0.828. The maximum absolute atomic E-state index is 14.0. The molecule has 1 heterocycles. The molecule has 1 aliphatic rings. The molecule has 1 atom stereocenters. The predicted octanol–water partition coefficient (Wildman–Crippen LogP) is 4.16. The minimum absolute atomic E-state index is 0.114. The molecular weight excluding hydrogens is 304 g/mol. The second kappa shape index (κ2) is 6.08. The van der Waals surface area contributed by atoms with Gasteiger partial charge in [-0.2, -0.15) is 0 Å². The van der Waals surface area contributed by atoms with Gasteiger partial charge in [-0.3, -0.25) is 4.79 Å². The Labute approximate surface area is 132 Å². The zero-order valence-corrected chi connectivity index (χ0v) is 12.9. The minimum Gasteiger partial charge on any atom is -0.322 e. The smallest absolute Gasteiger partial charge is 0.255 e. The molecule has 0 N–H and O–H groups in total. The van der Waals surface area contributed by atoms with E-state index in [-0.39, 0.29) is 5.91 Å². The van der Waals surface area contributed by atoms with Gasteiger partial charge in [-0.1, -0.05) is 24.3 Å². The number of thioether (sulfide) groups is 1. The van der Waals surface area contributed by atoms with E-state index >= 15 is 0 Å². The molecule has 1 aliphatic heterocycles. The van der Waals surface area contributed by atoms with E-state index in [0.29, 0.717) is 17.7 Å². The molecule has 0 spiro atoms. The summed E-state index contributed by atoms with van der Waals surface area (Å²) < 4.78 is 27.1. The highest BCUT2D eigenvalue weighted by molar-refractivity contribution is 7.99. The van der Waals surface area contributed by atoms with Gasteiger partial charge in [-0.15, -0.1) is 11.8 Å². The summed E-state index contributed by atoms with van der Waals surface area (Å²) in [5.41, 5.74) is 1.87. The molecular formula is C17H15F2NOS. The van der Waals surface area contributed by atoms with Crippen LogP contribution in [0.15, 0.2) is 42.5 Å². The number of hydrogen-bond acceptors (Lipinski definition) is 2. The summed E-state index contributed by atoms with van der Waals surface area (Å²) in [7, 11) is 0. The minimum atomic E-state index is -0.610. The number of carbonyl (C=O) groups is 1. The summed E-state index contributed by atoms with van der Waals surface area (Å²) in [5, 5.41) is -0.410. The van der Waals surface area contributed by atoms with Gasteiger partial charge in [0.1, 0.15) is 17.0 Å². The number of benzene rings is 2. The highest BCUT2D eigenvalue weighted by Gasteiger charge is 2.33. The Balaban J connectivity index is 1.93. The molecule has 5 heteroatoms. The Hall–Kier alpha value is -1.88. The Morgan fingerprint density at radius 2 is 2.00 bits per heavy atom. The van der Waals surface area contributed by atoms with Gasteiger partial charge >= 0.3 is 0 Å². The topological polar surface area (TPSA) is 20.3 Å². The lowest BCUT2D eigenvalue weighted by Gasteiger charge is -2.25. The molecule has 2 aromatic carbocycles. The number of halogens is 2. The van der Waals surface area contributed by atoms with Crippen molar-refractivity contribution < 1.29 is 13.6 Å². The van der Waals surface area contributed by atoms with Gasteiger partial charge in [0, 0.05) is 29.5 Å². The summed E-state index contributed by atoms with van der Waals surface area (Å²) in [6.45, 7) is 2.43. The van der Waals surface area contributed by atoms with Crippen LogP contribution in [0.1, 0.15) is 26.9 Å². The molecule has 0 unspecified atom stereocenters. The molecule has 0 bridgehead atoms.